The SMILES string of the molecule is CC(C)C(=O)Nc1ccc([N+](=O)[O-])c(I)c1. The molecule has 0 bridgehead atoms. The molecule has 5 nitrogen and oxygen atoms in total. The van der Waals surface area contributed by atoms with Gasteiger partial charge in [-0.2, -0.15) is 0 Å². The van der Waals surface area contributed by atoms with Crippen molar-refractivity contribution in [3.05, 3.63) is 31.9 Å². The first-order valence-electron chi connectivity index (χ1n) is 4.66. The first kappa shape index (κ1) is 12.9. The third-order valence-corrected chi connectivity index (χ3v) is 2.80. The Hall–Kier alpha value is -1.18. The lowest BCUT2D eigenvalue weighted by molar-refractivity contribution is -0.385. The van der Waals surface area contributed by atoms with E-state index in [0.29, 0.717) is 9.26 Å². The lowest BCUT2D eigenvalue weighted by Crippen LogP contribution is -2.17. The fraction of sp³-hybridized carbons (Fsp3) is 0.300. The zero-order valence-electron chi connectivity index (χ0n) is 8.86. The van der Waals surface area contributed by atoms with Crippen LogP contribution in [0.5, 0.6) is 0 Å². The second-order valence-corrected chi connectivity index (χ2v) is 4.73. The van der Waals surface area contributed by atoms with Gasteiger partial charge in [0.15, 0.2) is 0 Å². The van der Waals surface area contributed by atoms with E-state index in [2.05, 4.69) is 5.32 Å². The highest BCUT2D eigenvalue weighted by Crippen LogP contribution is 2.24. The molecule has 1 aromatic rings. The van der Waals surface area contributed by atoms with E-state index in [4.69, 9.17) is 0 Å². The summed E-state index contributed by atoms with van der Waals surface area (Å²) in [7, 11) is 0. The summed E-state index contributed by atoms with van der Waals surface area (Å²) in [5.41, 5.74) is 0.622. The maximum absolute atomic E-state index is 11.4. The average molecular weight is 334 g/mol. The monoisotopic (exact) mass is 334 g/mol. The summed E-state index contributed by atoms with van der Waals surface area (Å²) in [5, 5.41) is 13.3. The zero-order chi connectivity index (χ0) is 12.3. The van der Waals surface area contributed by atoms with Crippen molar-refractivity contribution in [1.82, 2.24) is 0 Å². The van der Waals surface area contributed by atoms with Crippen molar-refractivity contribution in [3.63, 3.8) is 0 Å². The molecule has 0 aromatic heterocycles. The molecule has 0 radical (unpaired) electrons. The molecule has 0 aliphatic carbocycles. The van der Waals surface area contributed by atoms with Crippen LogP contribution in [0.2, 0.25) is 0 Å². The Bertz CT molecular complexity index is 432. The minimum atomic E-state index is -0.449. The normalized spacial score (nSPS) is 10.2. The number of nitro groups is 1. The van der Waals surface area contributed by atoms with E-state index in [0.717, 1.165) is 0 Å². The van der Waals surface area contributed by atoms with Gasteiger partial charge in [-0.3, -0.25) is 14.9 Å². The maximum atomic E-state index is 11.4. The van der Waals surface area contributed by atoms with Crippen LogP contribution in [0.1, 0.15) is 13.8 Å². The number of amides is 1. The third-order valence-electron chi connectivity index (χ3n) is 1.94. The molecule has 0 saturated heterocycles. The highest BCUT2D eigenvalue weighted by Gasteiger charge is 2.13. The van der Waals surface area contributed by atoms with Crippen LogP contribution in [0.15, 0.2) is 18.2 Å². The van der Waals surface area contributed by atoms with E-state index in [1.54, 1.807) is 19.9 Å². The van der Waals surface area contributed by atoms with Crippen LogP contribution < -0.4 is 5.32 Å². The van der Waals surface area contributed by atoms with Crippen molar-refractivity contribution >= 4 is 39.9 Å². The van der Waals surface area contributed by atoms with E-state index < -0.39 is 4.92 Å². The van der Waals surface area contributed by atoms with Gasteiger partial charge in [-0.25, -0.2) is 0 Å². The van der Waals surface area contributed by atoms with E-state index in [1.165, 1.54) is 12.1 Å². The van der Waals surface area contributed by atoms with Gasteiger partial charge in [0, 0.05) is 17.7 Å². The van der Waals surface area contributed by atoms with Crippen LogP contribution in [-0.2, 0) is 4.79 Å². The number of nitrogens with zero attached hydrogens (tertiary/aromatic N) is 1. The van der Waals surface area contributed by atoms with Crippen LogP contribution in [0.25, 0.3) is 0 Å². The Kier molecular flexibility index (Phi) is 4.22. The quantitative estimate of drug-likeness (QED) is 0.525. The Morgan fingerprint density at radius 1 is 1.50 bits per heavy atom. The first-order chi connectivity index (χ1) is 7.41. The maximum Gasteiger partial charge on any atom is 0.282 e. The predicted molar refractivity (Wildman–Crippen MR) is 69.3 cm³/mol. The van der Waals surface area contributed by atoms with Crippen LogP contribution in [0, 0.1) is 19.6 Å². The smallest absolute Gasteiger partial charge is 0.282 e. The van der Waals surface area contributed by atoms with Crippen LogP contribution in [-0.4, -0.2) is 10.8 Å². The largest absolute Gasteiger partial charge is 0.326 e. The third kappa shape index (κ3) is 3.16. The first-order valence-corrected chi connectivity index (χ1v) is 5.74. The predicted octanol–water partition coefficient (Wildman–Crippen LogP) is 2.79. The van der Waals surface area contributed by atoms with Crippen molar-refractivity contribution in [2.75, 3.05) is 5.32 Å². The number of nitro benzene ring substituents is 1. The number of carbonyl (C=O) groups is 1. The van der Waals surface area contributed by atoms with Gasteiger partial charge in [0.05, 0.1) is 8.49 Å². The molecule has 0 fully saturated rings. The molecule has 1 rings (SSSR count). The molecule has 0 aliphatic heterocycles. The Morgan fingerprint density at radius 2 is 2.12 bits per heavy atom. The number of anilines is 1. The Morgan fingerprint density at radius 3 is 2.56 bits per heavy atom. The van der Waals surface area contributed by atoms with Gasteiger partial charge in [-0.15, -0.1) is 0 Å². The number of halogens is 1. The zero-order valence-corrected chi connectivity index (χ0v) is 11.0. The summed E-state index contributed by atoms with van der Waals surface area (Å²) in [4.78, 5) is 21.5. The summed E-state index contributed by atoms with van der Waals surface area (Å²) < 4.78 is 0.504. The van der Waals surface area contributed by atoms with Gasteiger partial charge >= 0.3 is 0 Å². The molecule has 0 heterocycles. The number of rotatable bonds is 3. The molecule has 1 aromatic carbocycles. The molecule has 0 atom stereocenters. The second-order valence-electron chi connectivity index (χ2n) is 3.57. The van der Waals surface area contributed by atoms with Crippen molar-refractivity contribution in [1.29, 1.82) is 0 Å². The lowest BCUT2D eigenvalue weighted by Gasteiger charge is -2.07. The van der Waals surface area contributed by atoms with Crippen LogP contribution >= 0.6 is 22.6 Å². The Labute approximate surface area is 107 Å². The van der Waals surface area contributed by atoms with Crippen LogP contribution in [0.3, 0.4) is 0 Å². The van der Waals surface area contributed by atoms with Gasteiger partial charge in [-0.05, 0) is 34.7 Å². The molecule has 6 heteroatoms. The summed E-state index contributed by atoms with van der Waals surface area (Å²) >= 11 is 1.87. The van der Waals surface area contributed by atoms with Crippen LogP contribution in [0.4, 0.5) is 11.4 Å². The molecule has 86 valence electrons. The molecule has 0 saturated carbocycles. The highest BCUT2D eigenvalue weighted by molar-refractivity contribution is 14.1. The van der Waals surface area contributed by atoms with Crippen molar-refractivity contribution in [3.8, 4) is 0 Å². The molecule has 16 heavy (non-hydrogen) atoms. The molecule has 0 spiro atoms. The molecule has 0 aliphatic rings. The summed E-state index contributed by atoms with van der Waals surface area (Å²) in [6.45, 7) is 3.57. The Balaban J connectivity index is 2.90. The fourth-order valence-electron chi connectivity index (χ4n) is 1.02. The number of nitrogens with one attached hydrogen (secondary N) is 1. The minimum absolute atomic E-state index is 0.0446. The van der Waals surface area contributed by atoms with Gasteiger partial charge in [0.2, 0.25) is 5.91 Å². The topological polar surface area (TPSA) is 72.2 Å². The number of carbonyl (C=O) groups excluding carboxylic acids is 1. The van der Waals surface area contributed by atoms with Crippen molar-refractivity contribution < 1.29 is 9.72 Å². The van der Waals surface area contributed by atoms with Crippen molar-refractivity contribution in [2.24, 2.45) is 5.92 Å². The fourth-order valence-corrected chi connectivity index (χ4v) is 1.73. The molecule has 1 amide bonds. The van der Waals surface area contributed by atoms with Crippen molar-refractivity contribution in [2.45, 2.75) is 13.8 Å². The summed E-state index contributed by atoms with van der Waals surface area (Å²) in [6.07, 6.45) is 0. The summed E-state index contributed by atoms with van der Waals surface area (Å²) in [5.74, 6) is -0.225. The van der Waals surface area contributed by atoms with Gasteiger partial charge in [0.1, 0.15) is 0 Å². The molecule has 0 unspecified atom stereocenters. The lowest BCUT2D eigenvalue weighted by atomic mass is 10.2. The van der Waals surface area contributed by atoms with Gasteiger partial charge < -0.3 is 5.32 Å². The van der Waals surface area contributed by atoms with E-state index in [9.17, 15) is 14.9 Å². The number of benzene rings is 1. The van der Waals surface area contributed by atoms with Gasteiger partial charge in [0.25, 0.3) is 5.69 Å². The number of hydrogen-bond donors (Lipinski definition) is 1. The molecular formula is C10H11IN2O3. The van der Waals surface area contributed by atoms with E-state index >= 15 is 0 Å². The van der Waals surface area contributed by atoms with Gasteiger partial charge in [-0.1, -0.05) is 13.8 Å². The number of hydrogen-bond acceptors (Lipinski definition) is 3. The molecular weight excluding hydrogens is 323 g/mol. The average Bonchev–Trinajstić information content (AvgIpc) is 2.16. The summed E-state index contributed by atoms with van der Waals surface area (Å²) in [6, 6.07) is 4.50. The highest BCUT2D eigenvalue weighted by atomic mass is 127. The standard InChI is InChI=1S/C10H11IN2O3/c1-6(2)10(14)12-7-3-4-9(13(15)16)8(11)5-7/h3-6H,1-2H3,(H,12,14). The minimum Gasteiger partial charge on any atom is -0.326 e. The van der Waals surface area contributed by atoms with E-state index in [1.807, 2.05) is 22.6 Å². The molecule has 1 N–H and O–H groups in total. The second kappa shape index (κ2) is 5.24. The van der Waals surface area contributed by atoms with E-state index in [-0.39, 0.29) is 17.5 Å².